The van der Waals surface area contributed by atoms with Crippen LogP contribution in [-0.2, 0) is 0 Å². The maximum Gasteiger partial charge on any atom is 0.193 e. The Labute approximate surface area is 121 Å². The number of ketones is 1. The number of aromatic nitrogens is 1. The van der Waals surface area contributed by atoms with Gasteiger partial charge in [-0.3, -0.25) is 9.78 Å². The van der Waals surface area contributed by atoms with Gasteiger partial charge in [-0.2, -0.15) is 0 Å². The second kappa shape index (κ2) is 5.47. The number of hydrogen-bond donors (Lipinski definition) is 0. The summed E-state index contributed by atoms with van der Waals surface area (Å²) in [5.74, 6) is 0.0448. The van der Waals surface area contributed by atoms with Gasteiger partial charge in [0.1, 0.15) is 0 Å². The predicted molar refractivity (Wildman–Crippen MR) is 83.4 cm³/mol. The van der Waals surface area contributed by atoms with Crippen LogP contribution in [0.5, 0.6) is 0 Å². The molecule has 0 saturated heterocycles. The molecular weight excluding hydrogens is 266 g/mol. The number of thioether (sulfide) groups is 1. The Morgan fingerprint density at radius 1 is 1.00 bits per heavy atom. The third-order valence-electron chi connectivity index (χ3n) is 3.22. The number of pyridine rings is 1. The zero-order valence-electron chi connectivity index (χ0n) is 11.0. The molecule has 3 aromatic rings. The lowest BCUT2D eigenvalue weighted by molar-refractivity contribution is 0.103. The highest BCUT2D eigenvalue weighted by molar-refractivity contribution is 7.98. The van der Waals surface area contributed by atoms with E-state index in [4.69, 9.17) is 0 Å². The SMILES string of the molecule is CSc1ccc(C(=O)c2ccc3ncccc3c2)cc1. The summed E-state index contributed by atoms with van der Waals surface area (Å²) < 4.78 is 0. The van der Waals surface area contributed by atoms with Crippen LogP contribution in [0.2, 0.25) is 0 Å². The number of benzene rings is 2. The van der Waals surface area contributed by atoms with Crippen molar-refractivity contribution >= 4 is 28.4 Å². The molecule has 0 aliphatic carbocycles. The predicted octanol–water partition coefficient (Wildman–Crippen LogP) is 4.19. The molecule has 0 bridgehead atoms. The second-order valence-corrected chi connectivity index (χ2v) is 5.35. The van der Waals surface area contributed by atoms with E-state index in [9.17, 15) is 4.79 Å². The molecule has 0 fully saturated rings. The molecule has 0 N–H and O–H groups in total. The normalized spacial score (nSPS) is 10.7. The van der Waals surface area contributed by atoms with Gasteiger partial charge in [-0.25, -0.2) is 0 Å². The topological polar surface area (TPSA) is 30.0 Å². The number of rotatable bonds is 3. The molecule has 20 heavy (non-hydrogen) atoms. The van der Waals surface area contributed by atoms with Crippen molar-refractivity contribution in [2.24, 2.45) is 0 Å². The van der Waals surface area contributed by atoms with E-state index in [1.807, 2.05) is 60.9 Å². The van der Waals surface area contributed by atoms with Crippen molar-refractivity contribution in [1.29, 1.82) is 0 Å². The lowest BCUT2D eigenvalue weighted by atomic mass is 10.0. The first-order valence-electron chi connectivity index (χ1n) is 6.31. The first-order valence-corrected chi connectivity index (χ1v) is 7.54. The van der Waals surface area contributed by atoms with Gasteiger partial charge in [0, 0.05) is 27.6 Å². The van der Waals surface area contributed by atoms with Crippen molar-refractivity contribution in [3.8, 4) is 0 Å². The molecule has 0 unspecified atom stereocenters. The van der Waals surface area contributed by atoms with Gasteiger partial charge in [-0.1, -0.05) is 6.07 Å². The number of hydrogen-bond acceptors (Lipinski definition) is 3. The summed E-state index contributed by atoms with van der Waals surface area (Å²) in [5, 5.41) is 0.985. The summed E-state index contributed by atoms with van der Waals surface area (Å²) in [5.41, 5.74) is 2.32. The van der Waals surface area contributed by atoms with Crippen molar-refractivity contribution in [3.63, 3.8) is 0 Å². The van der Waals surface area contributed by atoms with Crippen LogP contribution in [0.3, 0.4) is 0 Å². The molecule has 0 amide bonds. The fraction of sp³-hybridized carbons (Fsp3) is 0.0588. The summed E-state index contributed by atoms with van der Waals surface area (Å²) in [6.45, 7) is 0. The Kier molecular flexibility index (Phi) is 3.52. The highest BCUT2D eigenvalue weighted by atomic mass is 32.2. The van der Waals surface area contributed by atoms with Crippen molar-refractivity contribution in [2.45, 2.75) is 4.90 Å². The van der Waals surface area contributed by atoms with Crippen LogP contribution in [0.1, 0.15) is 15.9 Å². The second-order valence-electron chi connectivity index (χ2n) is 4.47. The Morgan fingerprint density at radius 3 is 2.50 bits per heavy atom. The summed E-state index contributed by atoms with van der Waals surface area (Å²) in [6, 6.07) is 17.2. The van der Waals surface area contributed by atoms with E-state index in [2.05, 4.69) is 4.98 Å². The molecule has 3 heteroatoms. The summed E-state index contributed by atoms with van der Waals surface area (Å²) in [7, 11) is 0. The molecule has 0 spiro atoms. The maximum absolute atomic E-state index is 12.5. The van der Waals surface area contributed by atoms with Crippen LogP contribution in [0.4, 0.5) is 0 Å². The lowest BCUT2D eigenvalue weighted by Gasteiger charge is -2.04. The zero-order chi connectivity index (χ0) is 13.9. The molecule has 0 aliphatic heterocycles. The minimum absolute atomic E-state index is 0.0448. The third kappa shape index (κ3) is 2.45. The largest absolute Gasteiger partial charge is 0.289 e. The van der Waals surface area contributed by atoms with Crippen LogP contribution >= 0.6 is 11.8 Å². The van der Waals surface area contributed by atoms with Gasteiger partial charge in [-0.05, 0) is 54.8 Å². The van der Waals surface area contributed by atoms with E-state index in [0.29, 0.717) is 11.1 Å². The summed E-state index contributed by atoms with van der Waals surface area (Å²) in [6.07, 6.45) is 3.78. The van der Waals surface area contributed by atoms with E-state index in [-0.39, 0.29) is 5.78 Å². The molecule has 3 rings (SSSR count). The summed E-state index contributed by atoms with van der Waals surface area (Å²) >= 11 is 1.67. The molecule has 2 nitrogen and oxygen atoms in total. The monoisotopic (exact) mass is 279 g/mol. The lowest BCUT2D eigenvalue weighted by Crippen LogP contribution is -2.01. The first kappa shape index (κ1) is 12.9. The molecular formula is C17H13NOS. The number of carbonyl (C=O) groups is 1. The average Bonchev–Trinajstić information content (AvgIpc) is 2.54. The zero-order valence-corrected chi connectivity index (χ0v) is 11.9. The molecule has 2 aromatic carbocycles. The number of carbonyl (C=O) groups excluding carboxylic acids is 1. The Hall–Kier alpha value is -2.13. The molecule has 0 atom stereocenters. The van der Waals surface area contributed by atoms with Crippen LogP contribution < -0.4 is 0 Å². The Morgan fingerprint density at radius 2 is 1.75 bits per heavy atom. The third-order valence-corrected chi connectivity index (χ3v) is 3.96. The molecule has 1 heterocycles. The summed E-state index contributed by atoms with van der Waals surface area (Å²) in [4.78, 5) is 17.9. The van der Waals surface area contributed by atoms with Gasteiger partial charge < -0.3 is 0 Å². The Bertz CT molecular complexity index is 765. The standard InChI is InChI=1S/C17H13NOS/c1-20-15-7-4-12(5-8-15)17(19)14-6-9-16-13(11-14)3-2-10-18-16/h2-11H,1H3. The van der Waals surface area contributed by atoms with Crippen LogP contribution in [0.15, 0.2) is 65.7 Å². The molecule has 0 radical (unpaired) electrons. The molecule has 0 aliphatic rings. The number of fused-ring (bicyclic) bond motifs is 1. The fourth-order valence-electron chi connectivity index (χ4n) is 2.13. The van der Waals surface area contributed by atoms with Crippen molar-refractivity contribution in [1.82, 2.24) is 4.98 Å². The van der Waals surface area contributed by atoms with Gasteiger partial charge in [-0.15, -0.1) is 11.8 Å². The van der Waals surface area contributed by atoms with Crippen LogP contribution in [0, 0.1) is 0 Å². The molecule has 0 saturated carbocycles. The van der Waals surface area contributed by atoms with E-state index < -0.39 is 0 Å². The van der Waals surface area contributed by atoms with Crippen molar-refractivity contribution in [3.05, 3.63) is 71.9 Å². The van der Waals surface area contributed by atoms with E-state index in [1.54, 1.807) is 18.0 Å². The van der Waals surface area contributed by atoms with Gasteiger partial charge in [0.15, 0.2) is 5.78 Å². The maximum atomic E-state index is 12.5. The molecule has 98 valence electrons. The van der Waals surface area contributed by atoms with Gasteiger partial charge >= 0.3 is 0 Å². The smallest absolute Gasteiger partial charge is 0.193 e. The number of nitrogens with zero attached hydrogens (tertiary/aromatic N) is 1. The highest BCUT2D eigenvalue weighted by Crippen LogP contribution is 2.19. The van der Waals surface area contributed by atoms with Crippen LogP contribution in [-0.4, -0.2) is 17.0 Å². The first-order chi connectivity index (χ1) is 9.78. The van der Waals surface area contributed by atoms with Gasteiger partial charge in [0.2, 0.25) is 0 Å². The van der Waals surface area contributed by atoms with Crippen molar-refractivity contribution in [2.75, 3.05) is 6.26 Å². The minimum Gasteiger partial charge on any atom is -0.289 e. The average molecular weight is 279 g/mol. The minimum atomic E-state index is 0.0448. The van der Waals surface area contributed by atoms with E-state index in [0.717, 1.165) is 15.8 Å². The molecule has 1 aromatic heterocycles. The van der Waals surface area contributed by atoms with Gasteiger partial charge in [0.05, 0.1) is 5.52 Å². The van der Waals surface area contributed by atoms with E-state index >= 15 is 0 Å². The van der Waals surface area contributed by atoms with E-state index in [1.165, 1.54) is 0 Å². The van der Waals surface area contributed by atoms with Crippen molar-refractivity contribution < 1.29 is 4.79 Å². The van der Waals surface area contributed by atoms with Crippen LogP contribution in [0.25, 0.3) is 10.9 Å². The highest BCUT2D eigenvalue weighted by Gasteiger charge is 2.09. The van der Waals surface area contributed by atoms with Gasteiger partial charge in [0.25, 0.3) is 0 Å². The quantitative estimate of drug-likeness (QED) is 0.532. The fourth-order valence-corrected chi connectivity index (χ4v) is 2.53. The Balaban J connectivity index is 1.98.